The van der Waals surface area contributed by atoms with Crippen LogP contribution in [0.5, 0.6) is 0 Å². The molecular weight excluding hydrogens is 480 g/mol. The highest BCUT2D eigenvalue weighted by Crippen LogP contribution is 2.38. The van der Waals surface area contributed by atoms with Crippen LogP contribution in [0.15, 0.2) is 65.6 Å². The van der Waals surface area contributed by atoms with E-state index in [1.807, 2.05) is 48.5 Å². The summed E-state index contributed by atoms with van der Waals surface area (Å²) in [7, 11) is 1.36. The van der Waals surface area contributed by atoms with Crippen LogP contribution in [0, 0.1) is 0 Å². The zero-order valence-electron chi connectivity index (χ0n) is 19.3. The highest BCUT2D eigenvalue weighted by Gasteiger charge is 2.26. The van der Waals surface area contributed by atoms with E-state index in [0.717, 1.165) is 46.6 Å². The summed E-state index contributed by atoms with van der Waals surface area (Å²) >= 11 is 2.83. The maximum absolute atomic E-state index is 12.7. The molecule has 8 heteroatoms. The number of thioether (sulfide) groups is 1. The van der Waals surface area contributed by atoms with Crippen molar-refractivity contribution in [3.8, 4) is 0 Å². The minimum Gasteiger partial charge on any atom is -0.465 e. The predicted molar refractivity (Wildman–Crippen MR) is 142 cm³/mol. The molecule has 0 atom stereocenters. The Morgan fingerprint density at radius 2 is 1.83 bits per heavy atom. The van der Waals surface area contributed by atoms with E-state index in [2.05, 4.69) is 10.6 Å². The lowest BCUT2D eigenvalue weighted by Crippen LogP contribution is -2.16. The number of anilines is 2. The smallest absolute Gasteiger partial charge is 0.341 e. The Morgan fingerprint density at radius 1 is 1.03 bits per heavy atom. The van der Waals surface area contributed by atoms with Crippen LogP contribution in [0.3, 0.4) is 0 Å². The summed E-state index contributed by atoms with van der Waals surface area (Å²) in [5.74, 6) is -0.657. The van der Waals surface area contributed by atoms with Gasteiger partial charge >= 0.3 is 5.97 Å². The molecule has 1 aliphatic carbocycles. The Hall–Kier alpha value is -3.36. The predicted octanol–water partition coefficient (Wildman–Crippen LogP) is 5.80. The standard InChI is InChI=1S/C27H26N2O4S2/c1-33-27(32)25-21-12-5-6-13-22(21)35-26(25)29-24(31)17-34-20-11-7-10-19(16-20)28-23(30)15-14-18-8-3-2-4-9-18/h2-4,7-11,14-16H,5-6,12-13,17H2,1H3,(H,28,30)(H,29,31)/b15-14+. The summed E-state index contributed by atoms with van der Waals surface area (Å²) in [6.07, 6.45) is 7.12. The maximum atomic E-state index is 12.7. The van der Waals surface area contributed by atoms with Gasteiger partial charge in [-0.25, -0.2) is 4.79 Å². The van der Waals surface area contributed by atoms with Gasteiger partial charge in [-0.05, 0) is 61.1 Å². The maximum Gasteiger partial charge on any atom is 0.341 e. The molecule has 0 bridgehead atoms. The molecule has 4 rings (SSSR count). The third-order valence-electron chi connectivity index (χ3n) is 5.51. The zero-order chi connectivity index (χ0) is 24.6. The quantitative estimate of drug-likeness (QED) is 0.229. The molecule has 0 fully saturated rings. The van der Waals surface area contributed by atoms with Crippen LogP contribution in [0.2, 0.25) is 0 Å². The Morgan fingerprint density at radius 3 is 2.63 bits per heavy atom. The molecule has 6 nitrogen and oxygen atoms in total. The van der Waals surface area contributed by atoms with Crippen molar-refractivity contribution in [2.75, 3.05) is 23.5 Å². The fraction of sp³-hybridized carbons (Fsp3) is 0.222. The molecule has 2 aromatic carbocycles. The average Bonchev–Trinajstić information content (AvgIpc) is 3.24. The number of aryl methyl sites for hydroxylation is 1. The third kappa shape index (κ3) is 6.61. The van der Waals surface area contributed by atoms with E-state index >= 15 is 0 Å². The molecule has 180 valence electrons. The van der Waals surface area contributed by atoms with Crippen LogP contribution >= 0.6 is 23.1 Å². The van der Waals surface area contributed by atoms with Crippen LogP contribution in [0.4, 0.5) is 10.7 Å². The number of methoxy groups -OCH3 is 1. The molecule has 0 unspecified atom stereocenters. The molecule has 0 radical (unpaired) electrons. The number of carbonyl (C=O) groups is 3. The van der Waals surface area contributed by atoms with Gasteiger partial charge in [-0.2, -0.15) is 0 Å². The summed E-state index contributed by atoms with van der Waals surface area (Å²) < 4.78 is 4.97. The van der Waals surface area contributed by atoms with Gasteiger partial charge in [-0.15, -0.1) is 23.1 Å². The highest BCUT2D eigenvalue weighted by atomic mass is 32.2. The van der Waals surface area contributed by atoms with Gasteiger partial charge in [0.15, 0.2) is 0 Å². The van der Waals surface area contributed by atoms with Crippen molar-refractivity contribution >= 4 is 57.6 Å². The Kier molecular flexibility index (Phi) is 8.39. The minimum atomic E-state index is -0.405. The highest BCUT2D eigenvalue weighted by molar-refractivity contribution is 8.00. The van der Waals surface area contributed by atoms with Gasteiger partial charge < -0.3 is 15.4 Å². The lowest BCUT2D eigenvalue weighted by Gasteiger charge is -2.11. The fourth-order valence-electron chi connectivity index (χ4n) is 3.87. The second kappa shape index (κ2) is 11.9. The first kappa shape index (κ1) is 24.8. The van der Waals surface area contributed by atoms with E-state index in [-0.39, 0.29) is 17.6 Å². The summed E-state index contributed by atoms with van der Waals surface area (Å²) in [5, 5.41) is 6.33. The Balaban J connectivity index is 1.35. The molecule has 35 heavy (non-hydrogen) atoms. The molecule has 0 spiro atoms. The molecule has 1 aromatic heterocycles. The number of thiophene rings is 1. The Labute approximate surface area is 212 Å². The second-order valence-corrected chi connectivity index (χ2v) is 10.2. The molecule has 1 heterocycles. The van der Waals surface area contributed by atoms with E-state index in [9.17, 15) is 14.4 Å². The van der Waals surface area contributed by atoms with Gasteiger partial charge in [-0.1, -0.05) is 36.4 Å². The van der Waals surface area contributed by atoms with Crippen molar-refractivity contribution in [3.05, 3.63) is 82.2 Å². The summed E-state index contributed by atoms with van der Waals surface area (Å²) in [6.45, 7) is 0. The first-order valence-electron chi connectivity index (χ1n) is 11.3. The van der Waals surface area contributed by atoms with Gasteiger partial charge in [0.2, 0.25) is 11.8 Å². The summed E-state index contributed by atoms with van der Waals surface area (Å²) in [5.41, 5.74) is 3.11. The van der Waals surface area contributed by atoms with E-state index in [4.69, 9.17) is 4.74 Å². The molecule has 0 saturated heterocycles. The number of esters is 1. The van der Waals surface area contributed by atoms with Gasteiger partial charge in [0.1, 0.15) is 5.00 Å². The lowest BCUT2D eigenvalue weighted by molar-refractivity contribution is -0.114. The monoisotopic (exact) mass is 506 g/mol. The second-order valence-electron chi connectivity index (χ2n) is 8.00. The molecule has 0 aliphatic heterocycles. The first-order valence-corrected chi connectivity index (χ1v) is 13.1. The molecule has 2 N–H and O–H groups in total. The molecule has 0 saturated carbocycles. The lowest BCUT2D eigenvalue weighted by atomic mass is 9.95. The number of benzene rings is 2. The van der Waals surface area contributed by atoms with Gasteiger partial charge in [0.25, 0.3) is 0 Å². The van der Waals surface area contributed by atoms with Gasteiger partial charge in [0.05, 0.1) is 18.4 Å². The van der Waals surface area contributed by atoms with Crippen LogP contribution in [0.1, 0.15) is 39.2 Å². The number of hydrogen-bond donors (Lipinski definition) is 2. The van der Waals surface area contributed by atoms with Crippen LogP contribution in [0.25, 0.3) is 6.08 Å². The van der Waals surface area contributed by atoms with E-state index < -0.39 is 5.97 Å². The number of fused-ring (bicyclic) bond motifs is 1. The molecule has 1 aliphatic rings. The number of carbonyl (C=O) groups excluding carboxylic acids is 3. The first-order chi connectivity index (χ1) is 17.0. The van der Waals surface area contributed by atoms with Crippen molar-refractivity contribution in [3.63, 3.8) is 0 Å². The third-order valence-corrected chi connectivity index (χ3v) is 7.71. The van der Waals surface area contributed by atoms with Crippen LogP contribution in [-0.2, 0) is 27.2 Å². The largest absolute Gasteiger partial charge is 0.465 e. The van der Waals surface area contributed by atoms with Crippen LogP contribution in [-0.4, -0.2) is 30.6 Å². The van der Waals surface area contributed by atoms with E-state index in [1.54, 1.807) is 12.1 Å². The van der Waals surface area contributed by atoms with E-state index in [0.29, 0.717) is 16.3 Å². The number of rotatable bonds is 8. The SMILES string of the molecule is COC(=O)c1c(NC(=O)CSc2cccc(NC(=O)/C=C/c3ccccc3)c2)sc2c1CCCC2. The van der Waals surface area contributed by atoms with Gasteiger partial charge in [-0.3, -0.25) is 9.59 Å². The summed E-state index contributed by atoms with van der Waals surface area (Å²) in [6, 6.07) is 16.9. The zero-order valence-corrected chi connectivity index (χ0v) is 21.0. The number of amides is 2. The van der Waals surface area contributed by atoms with E-state index in [1.165, 1.54) is 36.3 Å². The van der Waals surface area contributed by atoms with Crippen molar-refractivity contribution in [1.29, 1.82) is 0 Å². The number of ether oxygens (including phenoxy) is 1. The van der Waals surface area contributed by atoms with Crippen molar-refractivity contribution in [1.82, 2.24) is 0 Å². The van der Waals surface area contributed by atoms with Crippen molar-refractivity contribution in [2.45, 2.75) is 30.6 Å². The summed E-state index contributed by atoms with van der Waals surface area (Å²) in [4.78, 5) is 39.3. The Bertz CT molecular complexity index is 1250. The van der Waals surface area contributed by atoms with Crippen LogP contribution < -0.4 is 10.6 Å². The van der Waals surface area contributed by atoms with Crippen molar-refractivity contribution < 1.29 is 19.1 Å². The number of nitrogens with one attached hydrogen (secondary N) is 2. The normalized spacial score (nSPS) is 12.7. The molecule has 2 amide bonds. The van der Waals surface area contributed by atoms with Crippen molar-refractivity contribution in [2.24, 2.45) is 0 Å². The topological polar surface area (TPSA) is 84.5 Å². The number of hydrogen-bond acceptors (Lipinski definition) is 6. The van der Waals surface area contributed by atoms with Gasteiger partial charge in [0, 0.05) is 21.5 Å². The fourth-order valence-corrected chi connectivity index (χ4v) is 5.92. The molecular formula is C27H26N2O4S2. The molecule has 3 aromatic rings. The minimum absolute atomic E-state index is 0.175. The average molecular weight is 507 g/mol.